The zero-order valence-corrected chi connectivity index (χ0v) is 16.8. The highest BCUT2D eigenvalue weighted by molar-refractivity contribution is 5.88. The molecule has 2 aromatic carbocycles. The number of hydrogen-bond acceptors (Lipinski definition) is 4. The van der Waals surface area contributed by atoms with Crippen LogP contribution in [0, 0.1) is 0 Å². The van der Waals surface area contributed by atoms with Gasteiger partial charge in [0.15, 0.2) is 11.5 Å². The molecule has 0 aliphatic carbocycles. The Morgan fingerprint density at radius 1 is 1.24 bits per heavy atom. The van der Waals surface area contributed by atoms with Gasteiger partial charge in [0, 0.05) is 43.1 Å². The lowest BCUT2D eigenvalue weighted by molar-refractivity contribution is -0.121. The molecule has 1 aliphatic rings. The van der Waals surface area contributed by atoms with Crippen molar-refractivity contribution in [2.75, 3.05) is 27.1 Å². The minimum atomic E-state index is -0.104. The molecule has 0 saturated carbocycles. The number of carbonyl (C=O) groups excluding carboxylic acids is 1. The second-order valence-corrected chi connectivity index (χ2v) is 7.15. The fourth-order valence-corrected chi connectivity index (χ4v) is 3.91. The number of aromatic amines is 1. The standard InChI is InChI=1S/C23H26N2O4/c1-3-15-5-4-6-17-19(13-25-23(15)17)18(12-22(26)24-9-10-27-2)16-7-8-20-21(11-16)29-14-28-20/h4-8,11,13,18,25H,3,9-10,12,14H2,1-2H3,(H,24,26)/t18-/m0/s1. The van der Waals surface area contributed by atoms with Crippen molar-refractivity contribution in [1.29, 1.82) is 0 Å². The van der Waals surface area contributed by atoms with E-state index in [0.717, 1.165) is 39.9 Å². The molecule has 2 N–H and O–H groups in total. The molecule has 6 nitrogen and oxygen atoms in total. The van der Waals surface area contributed by atoms with Gasteiger partial charge in [-0.1, -0.05) is 31.2 Å². The fraction of sp³-hybridized carbons (Fsp3) is 0.348. The van der Waals surface area contributed by atoms with E-state index in [2.05, 4.69) is 35.4 Å². The maximum absolute atomic E-state index is 12.7. The summed E-state index contributed by atoms with van der Waals surface area (Å²) in [6.07, 6.45) is 3.32. The van der Waals surface area contributed by atoms with Gasteiger partial charge in [-0.2, -0.15) is 0 Å². The van der Waals surface area contributed by atoms with Gasteiger partial charge < -0.3 is 24.5 Å². The third-order valence-corrected chi connectivity index (χ3v) is 5.41. The van der Waals surface area contributed by atoms with Crippen molar-refractivity contribution in [2.24, 2.45) is 0 Å². The first-order valence-electron chi connectivity index (χ1n) is 9.95. The molecule has 1 atom stereocenters. The smallest absolute Gasteiger partial charge is 0.231 e. The lowest BCUT2D eigenvalue weighted by Crippen LogP contribution is -2.28. The lowest BCUT2D eigenvalue weighted by atomic mass is 9.87. The van der Waals surface area contributed by atoms with Crippen LogP contribution in [-0.2, 0) is 16.0 Å². The number of fused-ring (bicyclic) bond motifs is 2. The summed E-state index contributed by atoms with van der Waals surface area (Å²) < 4.78 is 16.1. The number of nitrogens with one attached hydrogen (secondary N) is 2. The first-order valence-corrected chi connectivity index (χ1v) is 9.95. The van der Waals surface area contributed by atoms with Gasteiger partial charge in [-0.3, -0.25) is 4.79 Å². The van der Waals surface area contributed by atoms with Gasteiger partial charge >= 0.3 is 0 Å². The number of rotatable bonds is 8. The Balaban J connectivity index is 1.71. The maximum Gasteiger partial charge on any atom is 0.231 e. The number of aryl methyl sites for hydroxylation is 1. The van der Waals surface area contributed by atoms with Crippen LogP contribution in [0.5, 0.6) is 11.5 Å². The topological polar surface area (TPSA) is 72.6 Å². The van der Waals surface area contributed by atoms with Crippen LogP contribution in [0.3, 0.4) is 0 Å². The van der Waals surface area contributed by atoms with Crippen LogP contribution < -0.4 is 14.8 Å². The molecule has 2 heterocycles. The highest BCUT2D eigenvalue weighted by Crippen LogP contribution is 2.39. The van der Waals surface area contributed by atoms with Gasteiger partial charge in [0.1, 0.15) is 0 Å². The Labute approximate surface area is 170 Å². The molecule has 152 valence electrons. The summed E-state index contributed by atoms with van der Waals surface area (Å²) in [5.74, 6) is 1.35. The van der Waals surface area contributed by atoms with Crippen molar-refractivity contribution in [2.45, 2.75) is 25.7 Å². The molecule has 6 heteroatoms. The van der Waals surface area contributed by atoms with Crippen LogP contribution >= 0.6 is 0 Å². The summed E-state index contributed by atoms with van der Waals surface area (Å²) in [5, 5.41) is 4.09. The average Bonchev–Trinajstić information content (AvgIpc) is 3.38. The van der Waals surface area contributed by atoms with Crippen molar-refractivity contribution in [3.8, 4) is 11.5 Å². The molecule has 0 radical (unpaired) electrons. The van der Waals surface area contributed by atoms with Crippen molar-refractivity contribution in [3.05, 3.63) is 59.3 Å². The summed E-state index contributed by atoms with van der Waals surface area (Å²) >= 11 is 0. The largest absolute Gasteiger partial charge is 0.454 e. The second kappa shape index (κ2) is 8.57. The predicted molar refractivity (Wildman–Crippen MR) is 112 cm³/mol. The van der Waals surface area contributed by atoms with Crippen molar-refractivity contribution < 1.29 is 19.0 Å². The lowest BCUT2D eigenvalue weighted by Gasteiger charge is -2.18. The number of H-pyrrole nitrogens is 1. The van der Waals surface area contributed by atoms with Gasteiger partial charge in [-0.05, 0) is 35.2 Å². The summed E-state index contributed by atoms with van der Waals surface area (Å²) in [6.45, 7) is 3.37. The molecule has 0 unspecified atom stereocenters. The van der Waals surface area contributed by atoms with Crippen LogP contribution in [0.2, 0.25) is 0 Å². The molecule has 0 spiro atoms. The minimum absolute atomic E-state index is 0.00860. The highest BCUT2D eigenvalue weighted by atomic mass is 16.7. The van der Waals surface area contributed by atoms with E-state index in [-0.39, 0.29) is 18.6 Å². The quantitative estimate of drug-likeness (QED) is 0.571. The van der Waals surface area contributed by atoms with E-state index < -0.39 is 0 Å². The number of methoxy groups -OCH3 is 1. The number of benzene rings is 2. The second-order valence-electron chi connectivity index (χ2n) is 7.15. The molecule has 1 aliphatic heterocycles. The van der Waals surface area contributed by atoms with E-state index in [0.29, 0.717) is 19.6 Å². The molecule has 3 aromatic rings. The van der Waals surface area contributed by atoms with Crippen molar-refractivity contribution >= 4 is 16.8 Å². The molecule has 0 bridgehead atoms. The Hall–Kier alpha value is -2.99. The van der Waals surface area contributed by atoms with E-state index >= 15 is 0 Å². The first-order chi connectivity index (χ1) is 14.2. The zero-order valence-electron chi connectivity index (χ0n) is 16.8. The van der Waals surface area contributed by atoms with Crippen molar-refractivity contribution in [3.63, 3.8) is 0 Å². The van der Waals surface area contributed by atoms with Crippen LogP contribution in [0.15, 0.2) is 42.6 Å². The number of ether oxygens (including phenoxy) is 3. The van der Waals surface area contributed by atoms with E-state index in [4.69, 9.17) is 14.2 Å². The van der Waals surface area contributed by atoms with E-state index in [1.165, 1.54) is 5.56 Å². The molecule has 1 amide bonds. The highest BCUT2D eigenvalue weighted by Gasteiger charge is 2.24. The van der Waals surface area contributed by atoms with Crippen LogP contribution in [0.1, 0.15) is 36.0 Å². The van der Waals surface area contributed by atoms with Gasteiger partial charge in [0.05, 0.1) is 6.61 Å². The summed E-state index contributed by atoms with van der Waals surface area (Å²) in [4.78, 5) is 16.1. The number of para-hydroxylation sites is 1. The third-order valence-electron chi connectivity index (χ3n) is 5.41. The van der Waals surface area contributed by atoms with E-state index in [1.54, 1.807) is 7.11 Å². The number of aromatic nitrogens is 1. The van der Waals surface area contributed by atoms with Gasteiger partial charge in [-0.25, -0.2) is 0 Å². The monoisotopic (exact) mass is 394 g/mol. The molecule has 0 saturated heterocycles. The fourth-order valence-electron chi connectivity index (χ4n) is 3.91. The van der Waals surface area contributed by atoms with Crippen LogP contribution in [0.4, 0.5) is 0 Å². The molecular weight excluding hydrogens is 368 g/mol. The first kappa shape index (κ1) is 19.3. The average molecular weight is 394 g/mol. The van der Waals surface area contributed by atoms with Crippen LogP contribution in [-0.4, -0.2) is 37.9 Å². The minimum Gasteiger partial charge on any atom is -0.454 e. The van der Waals surface area contributed by atoms with Crippen molar-refractivity contribution in [1.82, 2.24) is 10.3 Å². The van der Waals surface area contributed by atoms with Gasteiger partial charge in [0.25, 0.3) is 0 Å². The Bertz CT molecular complexity index is 1010. The molecular formula is C23H26N2O4. The van der Waals surface area contributed by atoms with Gasteiger partial charge in [-0.15, -0.1) is 0 Å². The maximum atomic E-state index is 12.7. The zero-order chi connectivity index (χ0) is 20.2. The summed E-state index contributed by atoms with van der Waals surface area (Å²) in [7, 11) is 1.62. The van der Waals surface area contributed by atoms with E-state index in [1.807, 2.05) is 24.4 Å². The normalized spacial score (nSPS) is 13.6. The van der Waals surface area contributed by atoms with Gasteiger partial charge in [0.2, 0.25) is 12.7 Å². The Kier molecular flexibility index (Phi) is 5.71. The molecule has 1 aromatic heterocycles. The molecule has 29 heavy (non-hydrogen) atoms. The predicted octanol–water partition coefficient (Wildman–Crippen LogP) is 3.74. The van der Waals surface area contributed by atoms with E-state index in [9.17, 15) is 4.79 Å². The third kappa shape index (κ3) is 3.93. The molecule has 4 rings (SSSR count). The Morgan fingerprint density at radius 2 is 2.10 bits per heavy atom. The summed E-state index contributed by atoms with van der Waals surface area (Å²) in [5.41, 5.74) is 4.54. The Morgan fingerprint density at radius 3 is 2.93 bits per heavy atom. The summed E-state index contributed by atoms with van der Waals surface area (Å²) in [6, 6.07) is 12.2. The molecule has 0 fully saturated rings. The number of carbonyl (C=O) groups is 1. The number of hydrogen-bond donors (Lipinski definition) is 2. The SMILES string of the molecule is CCc1cccc2c([C@@H](CC(=O)NCCOC)c3ccc4c(c3)OCO4)c[nH]c12. The number of amides is 1. The van der Waals surface area contributed by atoms with Crippen LogP contribution in [0.25, 0.3) is 10.9 Å².